The van der Waals surface area contributed by atoms with Gasteiger partial charge >= 0.3 is 6.18 Å². The number of anilines is 1. The van der Waals surface area contributed by atoms with E-state index in [0.29, 0.717) is 12.1 Å². The Morgan fingerprint density at radius 3 is 2.55 bits per heavy atom. The van der Waals surface area contributed by atoms with Crippen molar-refractivity contribution in [1.82, 2.24) is 0 Å². The molecule has 1 atom stereocenters. The smallest absolute Gasteiger partial charge is 0.330 e. The van der Waals surface area contributed by atoms with E-state index in [9.17, 15) is 28.1 Å². The van der Waals surface area contributed by atoms with Crippen LogP contribution in [0.2, 0.25) is 0 Å². The van der Waals surface area contributed by atoms with Gasteiger partial charge in [0.15, 0.2) is 0 Å². The zero-order chi connectivity index (χ0) is 15.5. The molecule has 1 amide bonds. The van der Waals surface area contributed by atoms with E-state index in [1.54, 1.807) is 0 Å². The van der Waals surface area contributed by atoms with Gasteiger partial charge in [-0.2, -0.15) is 13.2 Å². The largest absolute Gasteiger partial charge is 0.423 e. The highest BCUT2D eigenvalue weighted by Gasteiger charge is 2.38. The highest BCUT2D eigenvalue weighted by molar-refractivity contribution is 5.92. The second-order valence-electron chi connectivity index (χ2n) is 4.11. The van der Waals surface area contributed by atoms with Gasteiger partial charge in [0, 0.05) is 24.2 Å². The molecule has 20 heavy (non-hydrogen) atoms. The third-order valence-corrected chi connectivity index (χ3v) is 2.57. The number of carbonyl (C=O) groups excluding carboxylic acids is 1. The van der Waals surface area contributed by atoms with Crippen molar-refractivity contribution in [2.45, 2.75) is 13.1 Å². The van der Waals surface area contributed by atoms with Crippen LogP contribution in [-0.2, 0) is 11.0 Å². The molecule has 0 bridgehead atoms. The predicted octanol–water partition coefficient (Wildman–Crippen LogP) is 2.15. The maximum Gasteiger partial charge on any atom is 0.423 e. The first-order valence-electron chi connectivity index (χ1n) is 5.53. The van der Waals surface area contributed by atoms with Crippen molar-refractivity contribution < 1.29 is 22.9 Å². The van der Waals surface area contributed by atoms with Gasteiger partial charge in [-0.05, 0) is 12.1 Å². The zero-order valence-electron chi connectivity index (χ0n) is 10.4. The van der Waals surface area contributed by atoms with Gasteiger partial charge in [0.25, 0.3) is 5.69 Å². The lowest BCUT2D eigenvalue weighted by atomic mass is 10.1. The molecule has 0 aliphatic rings. The standard InChI is InChI=1S/C11H12F3N3O3/c1-6(5-15)10(18)16-7-2-3-9(17(19)20)8(4-7)11(12,13)14/h2-4,6H,5,15H2,1H3,(H,16,18). The monoisotopic (exact) mass is 291 g/mol. The summed E-state index contributed by atoms with van der Waals surface area (Å²) >= 11 is 0. The van der Waals surface area contributed by atoms with Gasteiger partial charge in [-0.25, -0.2) is 0 Å². The number of rotatable bonds is 4. The van der Waals surface area contributed by atoms with Crippen molar-refractivity contribution >= 4 is 17.3 Å². The molecule has 0 fully saturated rings. The Morgan fingerprint density at radius 1 is 1.50 bits per heavy atom. The van der Waals surface area contributed by atoms with Gasteiger partial charge in [-0.1, -0.05) is 6.92 Å². The Bertz CT molecular complexity index is 531. The number of nitro groups is 1. The van der Waals surface area contributed by atoms with Crippen molar-refractivity contribution in [3.8, 4) is 0 Å². The summed E-state index contributed by atoms with van der Waals surface area (Å²) in [6.07, 6.45) is -4.89. The van der Waals surface area contributed by atoms with E-state index in [0.717, 1.165) is 6.07 Å². The zero-order valence-corrected chi connectivity index (χ0v) is 10.4. The fourth-order valence-corrected chi connectivity index (χ4v) is 1.37. The molecule has 3 N–H and O–H groups in total. The van der Waals surface area contributed by atoms with E-state index in [1.807, 2.05) is 0 Å². The maximum atomic E-state index is 12.7. The summed E-state index contributed by atoms with van der Waals surface area (Å²) in [6, 6.07) is 2.26. The third-order valence-electron chi connectivity index (χ3n) is 2.57. The molecule has 1 rings (SSSR count). The molecule has 1 unspecified atom stereocenters. The number of nitrogens with two attached hydrogens (primary N) is 1. The molecule has 9 heteroatoms. The predicted molar refractivity (Wildman–Crippen MR) is 64.9 cm³/mol. The molecule has 1 aromatic carbocycles. The molecular weight excluding hydrogens is 279 g/mol. The summed E-state index contributed by atoms with van der Waals surface area (Å²) in [5.41, 5.74) is 2.60. The van der Waals surface area contributed by atoms with E-state index in [1.165, 1.54) is 6.92 Å². The summed E-state index contributed by atoms with van der Waals surface area (Å²) < 4.78 is 38.1. The van der Waals surface area contributed by atoms with Gasteiger partial charge in [0.05, 0.1) is 4.92 Å². The lowest BCUT2D eigenvalue weighted by Gasteiger charge is -2.12. The van der Waals surface area contributed by atoms with E-state index in [2.05, 4.69) is 5.32 Å². The molecule has 6 nitrogen and oxygen atoms in total. The van der Waals surface area contributed by atoms with Crippen LogP contribution < -0.4 is 11.1 Å². The van der Waals surface area contributed by atoms with Gasteiger partial charge in [0.2, 0.25) is 5.91 Å². The van der Waals surface area contributed by atoms with Gasteiger partial charge < -0.3 is 11.1 Å². The molecule has 0 spiro atoms. The number of benzene rings is 1. The topological polar surface area (TPSA) is 98.3 Å². The molecule has 0 radical (unpaired) electrons. The maximum absolute atomic E-state index is 12.7. The number of hydrogen-bond donors (Lipinski definition) is 2. The number of alkyl halides is 3. The van der Waals surface area contributed by atoms with Crippen LogP contribution in [0.3, 0.4) is 0 Å². The Morgan fingerprint density at radius 2 is 2.10 bits per heavy atom. The van der Waals surface area contributed by atoms with E-state index >= 15 is 0 Å². The second-order valence-corrected chi connectivity index (χ2v) is 4.11. The average molecular weight is 291 g/mol. The summed E-state index contributed by atoms with van der Waals surface area (Å²) in [7, 11) is 0. The quantitative estimate of drug-likeness (QED) is 0.656. The molecule has 0 saturated heterocycles. The minimum absolute atomic E-state index is 0.0327. The number of halogens is 3. The van der Waals surface area contributed by atoms with Crippen molar-refractivity contribution in [1.29, 1.82) is 0 Å². The van der Waals surface area contributed by atoms with Crippen molar-refractivity contribution in [3.63, 3.8) is 0 Å². The van der Waals surface area contributed by atoms with E-state index < -0.39 is 34.2 Å². The van der Waals surface area contributed by atoms with Crippen LogP contribution in [0.1, 0.15) is 12.5 Å². The minimum Gasteiger partial charge on any atom is -0.330 e. The average Bonchev–Trinajstić information content (AvgIpc) is 2.36. The summed E-state index contributed by atoms with van der Waals surface area (Å²) in [4.78, 5) is 20.9. The number of amides is 1. The lowest BCUT2D eigenvalue weighted by molar-refractivity contribution is -0.388. The van der Waals surface area contributed by atoms with Crippen LogP contribution in [0, 0.1) is 16.0 Å². The van der Waals surface area contributed by atoms with Gasteiger partial charge in [-0.3, -0.25) is 14.9 Å². The molecule has 1 aromatic rings. The molecule has 0 aromatic heterocycles. The van der Waals surface area contributed by atoms with Crippen molar-refractivity contribution in [2.24, 2.45) is 11.7 Å². The van der Waals surface area contributed by atoms with Crippen LogP contribution in [0.15, 0.2) is 18.2 Å². The van der Waals surface area contributed by atoms with Crippen LogP contribution in [0.4, 0.5) is 24.5 Å². The van der Waals surface area contributed by atoms with E-state index in [4.69, 9.17) is 5.73 Å². The number of nitro benzene ring substituents is 1. The Hall–Kier alpha value is -2.16. The van der Waals surface area contributed by atoms with Crippen molar-refractivity contribution in [3.05, 3.63) is 33.9 Å². The number of nitrogens with one attached hydrogen (secondary N) is 1. The first-order chi connectivity index (χ1) is 9.16. The van der Waals surface area contributed by atoms with Crippen LogP contribution in [0.5, 0.6) is 0 Å². The lowest BCUT2D eigenvalue weighted by Crippen LogP contribution is -2.26. The third kappa shape index (κ3) is 3.67. The molecule has 0 aliphatic heterocycles. The summed E-state index contributed by atoms with van der Waals surface area (Å²) in [5, 5.41) is 12.8. The molecule has 0 heterocycles. The summed E-state index contributed by atoms with van der Waals surface area (Å²) in [6.45, 7) is 1.54. The molecular formula is C11H12F3N3O3. The van der Waals surface area contributed by atoms with Crippen LogP contribution in [0.25, 0.3) is 0 Å². The normalized spacial score (nSPS) is 12.8. The van der Waals surface area contributed by atoms with Gasteiger partial charge in [0.1, 0.15) is 5.56 Å². The summed E-state index contributed by atoms with van der Waals surface area (Å²) in [5.74, 6) is -1.14. The fourth-order valence-electron chi connectivity index (χ4n) is 1.37. The highest BCUT2D eigenvalue weighted by Crippen LogP contribution is 2.37. The molecule has 110 valence electrons. The number of hydrogen-bond acceptors (Lipinski definition) is 4. The number of nitrogens with zero attached hydrogens (tertiary/aromatic N) is 1. The first-order valence-corrected chi connectivity index (χ1v) is 5.53. The Labute approximate surface area is 111 Å². The van der Waals surface area contributed by atoms with Crippen LogP contribution >= 0.6 is 0 Å². The Kier molecular flexibility index (Phi) is 4.66. The van der Waals surface area contributed by atoms with Gasteiger partial charge in [-0.15, -0.1) is 0 Å². The van der Waals surface area contributed by atoms with Crippen molar-refractivity contribution in [2.75, 3.05) is 11.9 Å². The molecule has 0 aliphatic carbocycles. The minimum atomic E-state index is -4.89. The fraction of sp³-hybridized carbons (Fsp3) is 0.364. The van der Waals surface area contributed by atoms with Crippen LogP contribution in [-0.4, -0.2) is 17.4 Å². The Balaban J connectivity index is 3.14. The number of carbonyl (C=O) groups is 1. The van der Waals surface area contributed by atoms with E-state index in [-0.39, 0.29) is 12.2 Å². The molecule has 0 saturated carbocycles. The second kappa shape index (κ2) is 5.87. The first kappa shape index (κ1) is 15.9. The SMILES string of the molecule is CC(CN)C(=O)Nc1ccc([N+](=O)[O-])c(C(F)(F)F)c1. The highest BCUT2D eigenvalue weighted by atomic mass is 19.4.